The maximum atomic E-state index is 6.90. The summed E-state index contributed by atoms with van der Waals surface area (Å²) in [7, 11) is 6.11. The van der Waals surface area contributed by atoms with Crippen LogP contribution in [0.3, 0.4) is 0 Å². The molecule has 0 amide bonds. The number of hydrogen-bond donors (Lipinski definition) is 0. The molecule has 0 heterocycles. The van der Waals surface area contributed by atoms with Crippen molar-refractivity contribution in [2.24, 2.45) is 0 Å². The first kappa shape index (κ1) is 28.0. The van der Waals surface area contributed by atoms with E-state index in [4.69, 9.17) is 12.6 Å². The van der Waals surface area contributed by atoms with Gasteiger partial charge < -0.3 is 22.4 Å². The smallest absolute Gasteiger partial charge is 0.111 e. The van der Waals surface area contributed by atoms with Crippen molar-refractivity contribution in [3.8, 4) is 0 Å². The highest BCUT2D eigenvalue weighted by molar-refractivity contribution is 7.96. The van der Waals surface area contributed by atoms with Crippen LogP contribution in [0.4, 0.5) is 11.4 Å². The van der Waals surface area contributed by atoms with E-state index in [1.807, 2.05) is 0 Å². The molecule has 40 heavy (non-hydrogen) atoms. The van der Waals surface area contributed by atoms with Gasteiger partial charge >= 0.3 is 0 Å². The van der Waals surface area contributed by atoms with Crippen molar-refractivity contribution in [2.45, 2.75) is 4.75 Å². The summed E-state index contributed by atoms with van der Waals surface area (Å²) in [4.78, 5) is 4.27. The Labute approximate surface area is 246 Å². The molecule has 4 heteroatoms. The molecule has 0 saturated heterocycles. The second-order valence-corrected chi connectivity index (χ2v) is 14.9. The van der Waals surface area contributed by atoms with Crippen LogP contribution in [0.25, 0.3) is 0 Å². The van der Waals surface area contributed by atoms with Crippen LogP contribution < -0.4 is 25.7 Å². The molecule has 0 spiro atoms. The first-order chi connectivity index (χ1) is 19.3. The minimum atomic E-state index is -2.19. The van der Waals surface area contributed by atoms with Crippen molar-refractivity contribution < 1.29 is 0 Å². The van der Waals surface area contributed by atoms with E-state index in [2.05, 4.69) is 178 Å². The van der Waals surface area contributed by atoms with E-state index in [-0.39, 0.29) is 0 Å². The zero-order valence-electron chi connectivity index (χ0n) is 23.7. The van der Waals surface area contributed by atoms with Crippen LogP contribution in [-0.2, 0) is 17.4 Å². The molecule has 0 atom stereocenters. The minimum Gasteiger partial charge on any atom is -0.773 e. The Bertz CT molecular complexity index is 1350. The van der Waals surface area contributed by atoms with Crippen LogP contribution in [0.15, 0.2) is 140 Å². The van der Waals surface area contributed by atoms with Gasteiger partial charge in [-0.15, -0.1) is 0 Å². The van der Waals surface area contributed by atoms with Gasteiger partial charge in [-0.05, 0) is 60.7 Å². The van der Waals surface area contributed by atoms with E-state index >= 15 is 0 Å². The number of rotatable bonds is 9. The molecule has 0 fully saturated rings. The lowest BCUT2D eigenvalue weighted by Gasteiger charge is -2.46. The largest absolute Gasteiger partial charge is 0.773 e. The van der Waals surface area contributed by atoms with Crippen molar-refractivity contribution >= 4 is 47.2 Å². The van der Waals surface area contributed by atoms with E-state index < -0.39 is 12.0 Å². The van der Waals surface area contributed by atoms with Crippen molar-refractivity contribution in [1.82, 2.24) is 0 Å². The Hall–Kier alpha value is -3.52. The first-order valence-corrected chi connectivity index (χ1v) is 16.0. The second-order valence-electron chi connectivity index (χ2n) is 10.7. The summed E-state index contributed by atoms with van der Waals surface area (Å²) < 4.78 is -0.662. The first-order valence-electron chi connectivity index (χ1n) is 13.7. The molecular formula is C36H37N2PS. The second kappa shape index (κ2) is 11.9. The molecule has 0 aliphatic heterocycles. The average Bonchev–Trinajstić information content (AvgIpc) is 3.01. The zero-order valence-corrected chi connectivity index (χ0v) is 25.4. The van der Waals surface area contributed by atoms with Gasteiger partial charge in [0.2, 0.25) is 0 Å². The van der Waals surface area contributed by atoms with E-state index in [1.54, 1.807) is 0 Å². The lowest BCUT2D eigenvalue weighted by molar-refractivity contribution is 0.852. The van der Waals surface area contributed by atoms with Gasteiger partial charge in [-0.25, -0.2) is 0 Å². The van der Waals surface area contributed by atoms with Crippen molar-refractivity contribution in [3.63, 3.8) is 0 Å². The third kappa shape index (κ3) is 5.42. The van der Waals surface area contributed by atoms with Gasteiger partial charge in [0.05, 0.1) is 6.16 Å². The van der Waals surface area contributed by atoms with Crippen LogP contribution in [0.2, 0.25) is 0 Å². The molecule has 2 nitrogen and oxygen atoms in total. The molecule has 0 aromatic heterocycles. The monoisotopic (exact) mass is 560 g/mol. The maximum absolute atomic E-state index is 6.90. The number of hydrogen-bond acceptors (Lipinski definition) is 3. The van der Waals surface area contributed by atoms with Gasteiger partial charge in [0.25, 0.3) is 0 Å². The van der Waals surface area contributed by atoms with Gasteiger partial charge in [-0.2, -0.15) is 0 Å². The van der Waals surface area contributed by atoms with Gasteiger partial charge in [0.1, 0.15) is 23.2 Å². The summed E-state index contributed by atoms with van der Waals surface area (Å²) in [5, 5.41) is 4.03. The predicted molar refractivity (Wildman–Crippen MR) is 180 cm³/mol. The van der Waals surface area contributed by atoms with Gasteiger partial charge in [-0.3, -0.25) is 0 Å². The molecule has 0 saturated carbocycles. The van der Waals surface area contributed by atoms with E-state index in [0.717, 1.165) is 17.3 Å². The molecule has 0 unspecified atom stereocenters. The molecule has 0 aliphatic carbocycles. The molecule has 5 aromatic carbocycles. The normalized spacial score (nSPS) is 11.7. The highest BCUT2D eigenvalue weighted by Crippen LogP contribution is 2.60. The SMILES string of the molecule is CN(C)c1ccc(C([S-])(C[P+](c2ccccc2)(c2ccccc2)c2ccccc2)c2ccc(N(C)C)cc2)cc1. The van der Waals surface area contributed by atoms with Crippen molar-refractivity contribution in [3.05, 3.63) is 151 Å². The third-order valence-corrected chi connectivity index (χ3v) is 13.1. The minimum absolute atomic E-state index is 0.662. The standard InChI is InChI=1S/C36H37N2PS/c1-37(2)31-24-20-29(21-25-31)36(40,30-22-26-32(27-23-30)38(3)4)28-39(33-14-8-5-9-15-33,34-16-10-6-11-17-34)35-18-12-7-13-19-35/h5-27H,28H2,1-4H3. The lowest BCUT2D eigenvalue weighted by Crippen LogP contribution is -2.41. The average molecular weight is 561 g/mol. The van der Waals surface area contributed by atoms with E-state index in [0.29, 0.717) is 0 Å². The van der Waals surface area contributed by atoms with Crippen LogP contribution in [0, 0.1) is 0 Å². The van der Waals surface area contributed by atoms with E-state index in [1.165, 1.54) is 27.3 Å². The highest BCUT2D eigenvalue weighted by Gasteiger charge is 2.48. The number of anilines is 2. The fraction of sp³-hybridized carbons (Fsp3) is 0.167. The van der Waals surface area contributed by atoms with Crippen LogP contribution in [0.1, 0.15) is 11.1 Å². The Morgan fingerprint density at radius 3 is 1.05 bits per heavy atom. The summed E-state index contributed by atoms with van der Waals surface area (Å²) >= 11 is 6.90. The zero-order chi connectivity index (χ0) is 28.2. The Balaban J connectivity index is 1.80. The maximum Gasteiger partial charge on any atom is 0.111 e. The fourth-order valence-corrected chi connectivity index (χ4v) is 10.9. The summed E-state index contributed by atoms with van der Waals surface area (Å²) in [6.07, 6.45) is 0.788. The number of benzene rings is 5. The van der Waals surface area contributed by atoms with Crippen LogP contribution in [-0.4, -0.2) is 34.4 Å². The highest BCUT2D eigenvalue weighted by atomic mass is 32.1. The molecule has 5 aromatic rings. The molecular weight excluding hydrogens is 523 g/mol. The van der Waals surface area contributed by atoms with Crippen molar-refractivity contribution in [2.75, 3.05) is 44.2 Å². The van der Waals surface area contributed by atoms with Gasteiger partial charge in [0.15, 0.2) is 0 Å². The molecule has 0 aliphatic rings. The summed E-state index contributed by atoms with van der Waals surface area (Å²) in [6.45, 7) is 0. The van der Waals surface area contributed by atoms with Crippen LogP contribution in [0.5, 0.6) is 0 Å². The van der Waals surface area contributed by atoms with Crippen LogP contribution >= 0.6 is 7.26 Å². The Kier molecular flexibility index (Phi) is 8.35. The number of nitrogens with zero attached hydrogens (tertiary/aromatic N) is 2. The quantitative estimate of drug-likeness (QED) is 0.148. The lowest BCUT2D eigenvalue weighted by atomic mass is 9.91. The van der Waals surface area contributed by atoms with E-state index in [9.17, 15) is 0 Å². The fourth-order valence-electron chi connectivity index (χ4n) is 5.51. The van der Waals surface area contributed by atoms with Gasteiger partial charge in [-0.1, -0.05) is 94.7 Å². The van der Waals surface area contributed by atoms with Gasteiger partial charge in [0, 0.05) is 39.6 Å². The summed E-state index contributed by atoms with van der Waals surface area (Å²) in [5.41, 5.74) is 4.63. The predicted octanol–water partition coefficient (Wildman–Crippen LogP) is 6.60. The topological polar surface area (TPSA) is 6.48 Å². The molecule has 0 N–H and O–H groups in total. The Morgan fingerprint density at radius 1 is 0.475 bits per heavy atom. The molecule has 0 radical (unpaired) electrons. The molecule has 0 bridgehead atoms. The molecule has 202 valence electrons. The van der Waals surface area contributed by atoms with Crippen molar-refractivity contribution in [1.29, 1.82) is 0 Å². The summed E-state index contributed by atoms with van der Waals surface area (Å²) in [5.74, 6) is 0. The summed E-state index contributed by atoms with van der Waals surface area (Å²) in [6, 6.07) is 50.8. The Morgan fingerprint density at radius 2 is 0.775 bits per heavy atom. The third-order valence-electron chi connectivity index (χ3n) is 7.75. The molecule has 5 rings (SSSR count).